The molecule has 0 aliphatic carbocycles. The van der Waals surface area contributed by atoms with Gasteiger partial charge in [-0.3, -0.25) is 9.78 Å². The molecule has 126 valence electrons. The number of aromatic nitrogens is 2. The molecule has 0 aromatic carbocycles. The standard InChI is InChI=1S/C19H23N3O2/c1-24-18-11-8-15(14-21-18)19(23)22-13-5-3-7-17(22)10-9-16-6-2-4-12-20-16/h2,4,6,8,11-12,14,17H,3,5,7,9-10,13H2,1H3/t17-/m1/s1. The van der Waals surface area contributed by atoms with E-state index in [9.17, 15) is 4.79 Å². The Bertz CT molecular complexity index is 658. The average molecular weight is 325 g/mol. The van der Waals surface area contributed by atoms with E-state index in [0.717, 1.165) is 37.9 Å². The van der Waals surface area contributed by atoms with E-state index in [0.29, 0.717) is 11.4 Å². The Labute approximate surface area is 142 Å². The van der Waals surface area contributed by atoms with Crippen molar-refractivity contribution in [1.29, 1.82) is 0 Å². The molecule has 1 aliphatic rings. The molecule has 3 heterocycles. The van der Waals surface area contributed by atoms with E-state index in [-0.39, 0.29) is 11.9 Å². The molecule has 0 saturated carbocycles. The summed E-state index contributed by atoms with van der Waals surface area (Å²) in [5, 5.41) is 0. The smallest absolute Gasteiger partial charge is 0.255 e. The highest BCUT2D eigenvalue weighted by Gasteiger charge is 2.27. The molecule has 0 unspecified atom stereocenters. The minimum absolute atomic E-state index is 0.0656. The quantitative estimate of drug-likeness (QED) is 0.847. The van der Waals surface area contributed by atoms with Gasteiger partial charge in [-0.1, -0.05) is 6.07 Å². The van der Waals surface area contributed by atoms with Crippen molar-refractivity contribution in [2.45, 2.75) is 38.1 Å². The van der Waals surface area contributed by atoms with Gasteiger partial charge in [0.1, 0.15) is 0 Å². The highest BCUT2D eigenvalue weighted by atomic mass is 16.5. The molecule has 0 bridgehead atoms. The van der Waals surface area contributed by atoms with Crippen LogP contribution in [-0.4, -0.2) is 40.5 Å². The van der Waals surface area contributed by atoms with Crippen molar-refractivity contribution >= 4 is 5.91 Å². The predicted molar refractivity (Wildman–Crippen MR) is 92.0 cm³/mol. The summed E-state index contributed by atoms with van der Waals surface area (Å²) in [5.41, 5.74) is 1.71. The molecule has 1 amide bonds. The number of rotatable bonds is 5. The number of hydrogen-bond donors (Lipinski definition) is 0. The lowest BCUT2D eigenvalue weighted by atomic mass is 9.96. The predicted octanol–water partition coefficient (Wildman–Crippen LogP) is 3.11. The Hall–Kier alpha value is -2.43. The van der Waals surface area contributed by atoms with Crippen LogP contribution in [0.25, 0.3) is 0 Å². The summed E-state index contributed by atoms with van der Waals surface area (Å²) >= 11 is 0. The molecular weight excluding hydrogens is 302 g/mol. The Morgan fingerprint density at radius 2 is 2.17 bits per heavy atom. The monoisotopic (exact) mass is 325 g/mol. The molecule has 1 saturated heterocycles. The van der Waals surface area contributed by atoms with Crippen molar-refractivity contribution in [3.8, 4) is 5.88 Å². The van der Waals surface area contributed by atoms with Crippen molar-refractivity contribution in [1.82, 2.24) is 14.9 Å². The summed E-state index contributed by atoms with van der Waals surface area (Å²) < 4.78 is 5.06. The van der Waals surface area contributed by atoms with Crippen LogP contribution >= 0.6 is 0 Å². The van der Waals surface area contributed by atoms with E-state index >= 15 is 0 Å². The molecule has 5 nitrogen and oxygen atoms in total. The largest absolute Gasteiger partial charge is 0.481 e. The number of ether oxygens (including phenoxy) is 1. The van der Waals surface area contributed by atoms with Crippen LogP contribution in [0, 0.1) is 0 Å². The van der Waals surface area contributed by atoms with Gasteiger partial charge in [0.15, 0.2) is 0 Å². The second-order valence-electron chi connectivity index (χ2n) is 6.10. The molecule has 0 radical (unpaired) electrons. The Kier molecular flexibility index (Phi) is 5.41. The van der Waals surface area contributed by atoms with Gasteiger partial charge in [0.05, 0.1) is 12.7 Å². The van der Waals surface area contributed by atoms with Crippen molar-refractivity contribution in [2.24, 2.45) is 0 Å². The Morgan fingerprint density at radius 1 is 1.25 bits per heavy atom. The van der Waals surface area contributed by atoms with Crippen LogP contribution in [0.1, 0.15) is 41.7 Å². The zero-order valence-corrected chi connectivity index (χ0v) is 14.0. The topological polar surface area (TPSA) is 55.3 Å². The number of carbonyl (C=O) groups excluding carboxylic acids is 1. The van der Waals surface area contributed by atoms with Crippen LogP contribution in [-0.2, 0) is 6.42 Å². The minimum atomic E-state index is 0.0656. The van der Waals surface area contributed by atoms with Gasteiger partial charge in [0, 0.05) is 36.7 Å². The van der Waals surface area contributed by atoms with Gasteiger partial charge in [-0.2, -0.15) is 0 Å². The minimum Gasteiger partial charge on any atom is -0.481 e. The van der Waals surface area contributed by atoms with E-state index in [1.807, 2.05) is 29.3 Å². The summed E-state index contributed by atoms with van der Waals surface area (Å²) in [6.45, 7) is 0.817. The fourth-order valence-electron chi connectivity index (χ4n) is 3.22. The molecule has 3 rings (SSSR count). The van der Waals surface area contributed by atoms with Crippen LogP contribution in [0.4, 0.5) is 0 Å². The van der Waals surface area contributed by atoms with Gasteiger partial charge in [-0.15, -0.1) is 0 Å². The second kappa shape index (κ2) is 7.90. The molecule has 2 aromatic rings. The molecule has 1 fully saturated rings. The first-order valence-electron chi connectivity index (χ1n) is 8.49. The van der Waals surface area contributed by atoms with Crippen LogP contribution in [0.2, 0.25) is 0 Å². The van der Waals surface area contributed by atoms with E-state index in [2.05, 4.69) is 9.97 Å². The third-order valence-electron chi connectivity index (χ3n) is 4.54. The summed E-state index contributed by atoms with van der Waals surface area (Å²) in [7, 11) is 1.57. The zero-order chi connectivity index (χ0) is 16.8. The zero-order valence-electron chi connectivity index (χ0n) is 14.0. The van der Waals surface area contributed by atoms with Gasteiger partial charge in [0.25, 0.3) is 5.91 Å². The Morgan fingerprint density at radius 3 is 2.88 bits per heavy atom. The van der Waals surface area contributed by atoms with Crippen LogP contribution < -0.4 is 4.74 Å². The molecule has 5 heteroatoms. The van der Waals surface area contributed by atoms with E-state index in [4.69, 9.17) is 4.74 Å². The number of piperidine rings is 1. The second-order valence-corrected chi connectivity index (χ2v) is 6.10. The molecular formula is C19H23N3O2. The van der Waals surface area contributed by atoms with Crippen LogP contribution in [0.3, 0.4) is 0 Å². The summed E-state index contributed by atoms with van der Waals surface area (Å²) in [4.78, 5) is 23.4. The van der Waals surface area contributed by atoms with Gasteiger partial charge < -0.3 is 9.64 Å². The third-order valence-corrected chi connectivity index (χ3v) is 4.54. The van der Waals surface area contributed by atoms with E-state index < -0.39 is 0 Å². The van der Waals surface area contributed by atoms with E-state index in [1.165, 1.54) is 6.42 Å². The highest BCUT2D eigenvalue weighted by molar-refractivity contribution is 5.94. The summed E-state index contributed by atoms with van der Waals surface area (Å²) in [6.07, 6.45) is 8.57. The Balaban J connectivity index is 1.67. The number of hydrogen-bond acceptors (Lipinski definition) is 4. The van der Waals surface area contributed by atoms with Crippen molar-refractivity contribution in [2.75, 3.05) is 13.7 Å². The fourth-order valence-corrected chi connectivity index (χ4v) is 3.22. The first-order valence-corrected chi connectivity index (χ1v) is 8.49. The van der Waals surface area contributed by atoms with Gasteiger partial charge in [-0.05, 0) is 50.3 Å². The number of amides is 1. The lowest BCUT2D eigenvalue weighted by molar-refractivity contribution is 0.0601. The molecule has 1 atom stereocenters. The van der Waals surface area contributed by atoms with Crippen molar-refractivity contribution in [3.05, 3.63) is 54.0 Å². The first kappa shape index (κ1) is 16.4. The van der Waals surface area contributed by atoms with E-state index in [1.54, 1.807) is 25.4 Å². The lowest BCUT2D eigenvalue weighted by Crippen LogP contribution is -2.44. The normalized spacial score (nSPS) is 17.5. The van der Waals surface area contributed by atoms with Gasteiger partial charge in [-0.25, -0.2) is 4.98 Å². The molecule has 24 heavy (non-hydrogen) atoms. The van der Waals surface area contributed by atoms with Crippen LogP contribution in [0.15, 0.2) is 42.7 Å². The third kappa shape index (κ3) is 3.91. The number of nitrogens with zero attached hydrogens (tertiary/aromatic N) is 3. The molecule has 1 aliphatic heterocycles. The SMILES string of the molecule is COc1ccc(C(=O)N2CCCC[C@@H]2CCc2ccccn2)cn1. The number of aryl methyl sites for hydroxylation is 1. The number of pyridine rings is 2. The maximum Gasteiger partial charge on any atom is 0.255 e. The first-order chi connectivity index (χ1) is 11.8. The van der Waals surface area contributed by atoms with Crippen LogP contribution in [0.5, 0.6) is 5.88 Å². The fraction of sp³-hybridized carbons (Fsp3) is 0.421. The lowest BCUT2D eigenvalue weighted by Gasteiger charge is -2.36. The number of likely N-dealkylation sites (tertiary alicyclic amines) is 1. The average Bonchev–Trinajstić information content (AvgIpc) is 2.67. The highest BCUT2D eigenvalue weighted by Crippen LogP contribution is 2.23. The molecule has 0 spiro atoms. The van der Waals surface area contributed by atoms with Crippen molar-refractivity contribution < 1.29 is 9.53 Å². The maximum atomic E-state index is 12.9. The maximum absolute atomic E-state index is 12.9. The van der Waals surface area contributed by atoms with Crippen molar-refractivity contribution in [3.63, 3.8) is 0 Å². The summed E-state index contributed by atoms with van der Waals surface area (Å²) in [6, 6.07) is 9.78. The summed E-state index contributed by atoms with van der Waals surface area (Å²) in [5.74, 6) is 0.591. The molecule has 0 N–H and O–H groups in total. The van der Waals surface area contributed by atoms with Gasteiger partial charge in [0.2, 0.25) is 5.88 Å². The molecule has 2 aromatic heterocycles. The number of carbonyl (C=O) groups is 1. The van der Waals surface area contributed by atoms with Gasteiger partial charge >= 0.3 is 0 Å². The number of methoxy groups -OCH3 is 1.